The van der Waals surface area contributed by atoms with E-state index in [1.165, 1.54) is 50.7 Å². The zero-order chi connectivity index (χ0) is 10.8. The van der Waals surface area contributed by atoms with Gasteiger partial charge in [0.05, 0.1) is 0 Å². The lowest BCUT2D eigenvalue weighted by Gasteiger charge is -2.00. The van der Waals surface area contributed by atoms with E-state index in [9.17, 15) is 0 Å². The molecule has 0 fully saturated rings. The van der Waals surface area contributed by atoms with E-state index in [0.717, 1.165) is 0 Å². The quantitative estimate of drug-likeness (QED) is 0.529. The molecule has 1 rings (SSSR count). The van der Waals surface area contributed by atoms with Gasteiger partial charge in [-0.2, -0.15) is 0 Å². The average Bonchev–Trinajstić information content (AvgIpc) is 2.75. The third kappa shape index (κ3) is 7.42. The van der Waals surface area contributed by atoms with Gasteiger partial charge in [-0.25, -0.2) is 0 Å². The highest BCUT2D eigenvalue weighted by Crippen LogP contribution is 2.16. The van der Waals surface area contributed by atoms with Crippen LogP contribution in [-0.2, 0) is 6.42 Å². The standard InChI is InChI=1S/C12H19BrS2/c13-15-11-6-4-2-1-3-5-8-12-9-7-10-14-12/h7,9-10H,1-6,8,11H2. The molecule has 0 amide bonds. The Bertz CT molecular complexity index is 222. The van der Waals surface area contributed by atoms with Crippen LogP contribution in [0.3, 0.4) is 0 Å². The Morgan fingerprint density at radius 2 is 1.80 bits per heavy atom. The molecule has 86 valence electrons. The fourth-order valence-corrected chi connectivity index (χ4v) is 3.37. The minimum Gasteiger partial charge on any atom is -0.149 e. The highest BCUT2D eigenvalue weighted by molar-refractivity contribution is 9.50. The van der Waals surface area contributed by atoms with Crippen LogP contribution in [-0.4, -0.2) is 5.75 Å². The minimum atomic E-state index is 1.26. The van der Waals surface area contributed by atoms with E-state index in [1.54, 1.807) is 15.1 Å². The number of halogens is 1. The number of aryl methyl sites for hydroxylation is 1. The van der Waals surface area contributed by atoms with Crippen molar-refractivity contribution in [3.05, 3.63) is 22.4 Å². The molecule has 15 heavy (non-hydrogen) atoms. The van der Waals surface area contributed by atoms with Crippen molar-refractivity contribution >= 4 is 36.3 Å². The third-order valence-corrected chi connectivity index (χ3v) is 4.83. The topological polar surface area (TPSA) is 0 Å². The monoisotopic (exact) mass is 306 g/mol. The van der Waals surface area contributed by atoms with E-state index in [2.05, 4.69) is 32.3 Å². The van der Waals surface area contributed by atoms with Gasteiger partial charge >= 0.3 is 0 Å². The molecule has 0 aliphatic heterocycles. The summed E-state index contributed by atoms with van der Waals surface area (Å²) in [5, 5.41) is 2.17. The maximum atomic E-state index is 3.38. The van der Waals surface area contributed by atoms with Gasteiger partial charge < -0.3 is 0 Å². The van der Waals surface area contributed by atoms with Gasteiger partial charge in [0.15, 0.2) is 0 Å². The third-order valence-electron chi connectivity index (χ3n) is 2.47. The van der Waals surface area contributed by atoms with Crippen molar-refractivity contribution < 1.29 is 0 Å². The van der Waals surface area contributed by atoms with Crippen LogP contribution in [0.2, 0.25) is 0 Å². The number of thiophene rings is 1. The van der Waals surface area contributed by atoms with Gasteiger partial charge in [-0.05, 0) is 45.5 Å². The maximum Gasteiger partial charge on any atom is 0.00452 e. The first-order chi connectivity index (χ1) is 7.43. The molecule has 0 radical (unpaired) electrons. The van der Waals surface area contributed by atoms with Crippen molar-refractivity contribution in [1.29, 1.82) is 0 Å². The summed E-state index contributed by atoms with van der Waals surface area (Å²) in [4.78, 5) is 1.55. The van der Waals surface area contributed by atoms with Crippen molar-refractivity contribution in [3.8, 4) is 0 Å². The van der Waals surface area contributed by atoms with Crippen LogP contribution in [0.5, 0.6) is 0 Å². The van der Waals surface area contributed by atoms with Gasteiger partial charge in [0.25, 0.3) is 0 Å². The largest absolute Gasteiger partial charge is 0.149 e. The SMILES string of the molecule is BrSCCCCCCCCc1cccs1. The molecule has 0 aromatic carbocycles. The lowest BCUT2D eigenvalue weighted by Crippen LogP contribution is -1.83. The molecule has 0 aliphatic rings. The number of unbranched alkanes of at least 4 members (excludes halogenated alkanes) is 5. The Hall–Kier alpha value is 0.530. The molecule has 1 heterocycles. The van der Waals surface area contributed by atoms with E-state index in [-0.39, 0.29) is 0 Å². The van der Waals surface area contributed by atoms with E-state index in [0.29, 0.717) is 0 Å². The minimum absolute atomic E-state index is 1.26. The molecule has 0 atom stereocenters. The number of rotatable bonds is 9. The van der Waals surface area contributed by atoms with Crippen LogP contribution in [0.25, 0.3) is 0 Å². The molecule has 1 aromatic heterocycles. The van der Waals surface area contributed by atoms with Crippen LogP contribution >= 0.6 is 36.3 Å². The fraction of sp³-hybridized carbons (Fsp3) is 0.667. The summed E-state index contributed by atoms with van der Waals surface area (Å²) in [6, 6.07) is 4.40. The first-order valence-electron chi connectivity index (χ1n) is 5.69. The highest BCUT2D eigenvalue weighted by atomic mass is 79.9. The van der Waals surface area contributed by atoms with Crippen molar-refractivity contribution in [3.63, 3.8) is 0 Å². The van der Waals surface area contributed by atoms with E-state index < -0.39 is 0 Å². The smallest absolute Gasteiger partial charge is 0.00452 e. The van der Waals surface area contributed by atoms with E-state index in [1.807, 2.05) is 11.3 Å². The second-order valence-electron chi connectivity index (χ2n) is 3.76. The summed E-state index contributed by atoms with van der Waals surface area (Å²) < 4.78 is 0. The Labute approximate surface area is 109 Å². The summed E-state index contributed by atoms with van der Waals surface area (Å²) in [5.74, 6) is 1.26. The summed E-state index contributed by atoms with van der Waals surface area (Å²) >= 11 is 5.27. The second kappa shape index (κ2) is 9.73. The van der Waals surface area contributed by atoms with Crippen LogP contribution in [0.15, 0.2) is 17.5 Å². The summed E-state index contributed by atoms with van der Waals surface area (Å²) in [6.07, 6.45) is 9.65. The van der Waals surface area contributed by atoms with Crippen LogP contribution in [0.1, 0.15) is 43.4 Å². The zero-order valence-corrected chi connectivity index (χ0v) is 12.3. The number of hydrogen-bond acceptors (Lipinski definition) is 2. The molecular weight excluding hydrogens is 288 g/mol. The van der Waals surface area contributed by atoms with Gasteiger partial charge in [0.1, 0.15) is 0 Å². The van der Waals surface area contributed by atoms with Crippen molar-refractivity contribution in [2.45, 2.75) is 44.9 Å². The van der Waals surface area contributed by atoms with Gasteiger partial charge in [0, 0.05) is 10.6 Å². The molecule has 0 saturated carbocycles. The van der Waals surface area contributed by atoms with Crippen LogP contribution in [0.4, 0.5) is 0 Å². The van der Waals surface area contributed by atoms with Crippen molar-refractivity contribution in [2.24, 2.45) is 0 Å². The van der Waals surface area contributed by atoms with E-state index in [4.69, 9.17) is 0 Å². The van der Waals surface area contributed by atoms with E-state index >= 15 is 0 Å². The van der Waals surface area contributed by atoms with Crippen LogP contribution < -0.4 is 0 Å². The summed E-state index contributed by atoms with van der Waals surface area (Å²) in [6.45, 7) is 0. The Kier molecular flexibility index (Phi) is 8.82. The molecule has 0 nitrogen and oxygen atoms in total. The first kappa shape index (κ1) is 13.6. The normalized spacial score (nSPS) is 10.7. The number of hydrogen-bond donors (Lipinski definition) is 0. The molecule has 0 bridgehead atoms. The molecule has 0 aliphatic carbocycles. The Morgan fingerprint density at radius 1 is 1.07 bits per heavy atom. The molecule has 0 saturated heterocycles. The molecule has 0 N–H and O–H groups in total. The predicted molar refractivity (Wildman–Crippen MR) is 77.1 cm³/mol. The predicted octanol–water partition coefficient (Wildman–Crippen LogP) is 5.67. The van der Waals surface area contributed by atoms with Crippen LogP contribution in [0, 0.1) is 0 Å². The molecule has 0 unspecified atom stereocenters. The van der Waals surface area contributed by atoms with Gasteiger partial charge in [-0.3, -0.25) is 0 Å². The fourth-order valence-electron chi connectivity index (χ4n) is 1.62. The highest BCUT2D eigenvalue weighted by Gasteiger charge is 1.94. The first-order valence-corrected chi connectivity index (χ1v) is 9.40. The summed E-state index contributed by atoms with van der Waals surface area (Å²) in [7, 11) is 1.78. The maximum absolute atomic E-state index is 3.38. The second-order valence-corrected chi connectivity index (χ2v) is 6.80. The van der Waals surface area contributed by atoms with Gasteiger partial charge in [-0.15, -0.1) is 11.3 Å². The zero-order valence-electron chi connectivity index (χ0n) is 9.08. The Morgan fingerprint density at radius 3 is 2.47 bits per heavy atom. The lowest BCUT2D eigenvalue weighted by atomic mass is 10.1. The average molecular weight is 307 g/mol. The van der Waals surface area contributed by atoms with Crippen molar-refractivity contribution in [2.75, 3.05) is 5.75 Å². The van der Waals surface area contributed by atoms with Gasteiger partial charge in [-0.1, -0.05) is 41.9 Å². The molecule has 0 spiro atoms. The molecular formula is C12H19BrS2. The molecule has 1 aromatic rings. The molecule has 3 heteroatoms. The Balaban J connectivity index is 1.81. The lowest BCUT2D eigenvalue weighted by molar-refractivity contribution is 0.611. The van der Waals surface area contributed by atoms with Crippen molar-refractivity contribution in [1.82, 2.24) is 0 Å². The van der Waals surface area contributed by atoms with Gasteiger partial charge in [0.2, 0.25) is 0 Å². The summed E-state index contributed by atoms with van der Waals surface area (Å²) in [5.41, 5.74) is 0.